The van der Waals surface area contributed by atoms with E-state index >= 15 is 0 Å². The highest BCUT2D eigenvalue weighted by Crippen LogP contribution is 2.23. The molecule has 1 saturated heterocycles. The highest BCUT2D eigenvalue weighted by molar-refractivity contribution is 9.10. The fourth-order valence-corrected chi connectivity index (χ4v) is 3.56. The van der Waals surface area contributed by atoms with E-state index in [1.807, 2.05) is 31.2 Å². The van der Waals surface area contributed by atoms with Gasteiger partial charge < -0.3 is 5.32 Å². The van der Waals surface area contributed by atoms with E-state index in [9.17, 15) is 14.4 Å². The number of hydrogen-bond donors (Lipinski definition) is 1. The predicted molar refractivity (Wildman–Crippen MR) is 101 cm³/mol. The molecule has 1 fully saturated rings. The molecule has 134 valence electrons. The van der Waals surface area contributed by atoms with E-state index < -0.39 is 0 Å². The minimum atomic E-state index is -0.173. The van der Waals surface area contributed by atoms with Crippen molar-refractivity contribution in [3.8, 4) is 0 Å². The molecular formula is C20H19BrN2O3. The molecule has 3 rings (SSSR count). The van der Waals surface area contributed by atoms with Gasteiger partial charge in [0.25, 0.3) is 5.91 Å². The van der Waals surface area contributed by atoms with Gasteiger partial charge in [-0.2, -0.15) is 0 Å². The molecule has 0 bridgehead atoms. The molecule has 0 unspecified atom stereocenters. The number of carbonyl (C=O) groups is 3. The lowest BCUT2D eigenvalue weighted by Gasteiger charge is -2.16. The zero-order valence-corrected chi connectivity index (χ0v) is 16.0. The standard InChI is InChI=1S/C20H19BrN2O3/c1-13(16-4-2-3-5-17(16)21)22-20(26)15-8-6-14(7-9-15)12-23-18(24)10-11-19(23)25/h2-9,13H,10-12H2,1H3,(H,22,26)/t13-/m1/s1. The minimum Gasteiger partial charge on any atom is -0.345 e. The molecule has 26 heavy (non-hydrogen) atoms. The predicted octanol–water partition coefficient (Wildman–Crippen LogP) is 3.59. The van der Waals surface area contributed by atoms with E-state index in [1.165, 1.54) is 4.90 Å². The summed E-state index contributed by atoms with van der Waals surface area (Å²) in [5.74, 6) is -0.453. The van der Waals surface area contributed by atoms with Crippen LogP contribution in [0.4, 0.5) is 0 Å². The second kappa shape index (κ2) is 7.83. The molecule has 3 amide bonds. The van der Waals surface area contributed by atoms with Crippen molar-refractivity contribution >= 4 is 33.7 Å². The maximum Gasteiger partial charge on any atom is 0.251 e. The van der Waals surface area contributed by atoms with Gasteiger partial charge in [0.15, 0.2) is 0 Å². The van der Waals surface area contributed by atoms with Crippen molar-refractivity contribution in [2.75, 3.05) is 0 Å². The van der Waals surface area contributed by atoms with Gasteiger partial charge in [0, 0.05) is 22.9 Å². The van der Waals surface area contributed by atoms with Gasteiger partial charge in [-0.3, -0.25) is 19.3 Å². The molecule has 0 aromatic heterocycles. The van der Waals surface area contributed by atoms with E-state index in [0.717, 1.165) is 15.6 Å². The number of hydrogen-bond acceptors (Lipinski definition) is 3. The van der Waals surface area contributed by atoms with E-state index in [4.69, 9.17) is 0 Å². The van der Waals surface area contributed by atoms with Gasteiger partial charge in [0.05, 0.1) is 12.6 Å². The molecule has 2 aromatic rings. The lowest BCUT2D eigenvalue weighted by molar-refractivity contribution is -0.139. The minimum absolute atomic E-state index is 0.140. The number of rotatable bonds is 5. The number of nitrogens with one attached hydrogen (secondary N) is 1. The number of halogens is 1. The van der Waals surface area contributed by atoms with E-state index in [2.05, 4.69) is 21.2 Å². The van der Waals surface area contributed by atoms with Crippen molar-refractivity contribution in [2.45, 2.75) is 32.4 Å². The number of imide groups is 1. The first-order valence-corrected chi connectivity index (χ1v) is 9.22. The lowest BCUT2D eigenvalue weighted by Crippen LogP contribution is -2.28. The molecule has 0 aliphatic carbocycles. The SMILES string of the molecule is C[C@@H](NC(=O)c1ccc(CN2C(=O)CCC2=O)cc1)c1ccccc1Br. The fraction of sp³-hybridized carbons (Fsp3) is 0.250. The van der Waals surface area contributed by atoms with Crippen LogP contribution in [0.3, 0.4) is 0 Å². The first-order valence-electron chi connectivity index (χ1n) is 8.43. The molecule has 5 nitrogen and oxygen atoms in total. The molecular weight excluding hydrogens is 396 g/mol. The Labute approximate surface area is 160 Å². The Balaban J connectivity index is 1.64. The number of nitrogens with zero attached hydrogens (tertiary/aromatic N) is 1. The van der Waals surface area contributed by atoms with Crippen molar-refractivity contribution < 1.29 is 14.4 Å². The quantitative estimate of drug-likeness (QED) is 0.760. The fourth-order valence-electron chi connectivity index (χ4n) is 2.93. The van der Waals surface area contributed by atoms with Gasteiger partial charge in [-0.1, -0.05) is 46.3 Å². The molecule has 1 heterocycles. The van der Waals surface area contributed by atoms with Crippen molar-refractivity contribution in [3.63, 3.8) is 0 Å². The summed E-state index contributed by atoms with van der Waals surface area (Å²) >= 11 is 3.49. The molecule has 1 N–H and O–H groups in total. The average Bonchev–Trinajstić information content (AvgIpc) is 2.94. The number of benzene rings is 2. The van der Waals surface area contributed by atoms with Gasteiger partial charge in [-0.25, -0.2) is 0 Å². The summed E-state index contributed by atoms with van der Waals surface area (Å²) in [6, 6.07) is 14.6. The summed E-state index contributed by atoms with van der Waals surface area (Å²) in [6.45, 7) is 2.18. The van der Waals surface area contributed by atoms with Crippen LogP contribution >= 0.6 is 15.9 Å². The van der Waals surface area contributed by atoms with Crippen LogP contribution in [-0.2, 0) is 16.1 Å². The number of amides is 3. The molecule has 0 saturated carbocycles. The van der Waals surface area contributed by atoms with Crippen LogP contribution in [0.5, 0.6) is 0 Å². The molecule has 1 aliphatic rings. The summed E-state index contributed by atoms with van der Waals surface area (Å²) < 4.78 is 0.947. The van der Waals surface area contributed by atoms with E-state index in [-0.39, 0.29) is 43.1 Å². The highest BCUT2D eigenvalue weighted by atomic mass is 79.9. The maximum atomic E-state index is 12.5. The Hall–Kier alpha value is -2.47. The molecule has 6 heteroatoms. The van der Waals surface area contributed by atoms with Crippen molar-refractivity contribution in [1.29, 1.82) is 0 Å². The summed E-state index contributed by atoms with van der Waals surface area (Å²) in [7, 11) is 0. The Morgan fingerprint density at radius 2 is 1.69 bits per heavy atom. The largest absolute Gasteiger partial charge is 0.345 e. The zero-order chi connectivity index (χ0) is 18.7. The molecule has 1 atom stereocenters. The highest BCUT2D eigenvalue weighted by Gasteiger charge is 2.28. The maximum absolute atomic E-state index is 12.5. The van der Waals surface area contributed by atoms with Crippen LogP contribution in [0.2, 0.25) is 0 Å². The monoisotopic (exact) mass is 414 g/mol. The Kier molecular flexibility index (Phi) is 5.52. The Morgan fingerprint density at radius 3 is 2.31 bits per heavy atom. The van der Waals surface area contributed by atoms with Crippen LogP contribution in [0, 0.1) is 0 Å². The topological polar surface area (TPSA) is 66.5 Å². The Bertz CT molecular complexity index is 832. The van der Waals surface area contributed by atoms with Gasteiger partial charge in [0.1, 0.15) is 0 Å². The van der Waals surface area contributed by atoms with Gasteiger partial charge in [-0.05, 0) is 36.2 Å². The molecule has 1 aliphatic heterocycles. The summed E-state index contributed by atoms with van der Waals surface area (Å²) in [4.78, 5) is 37.1. The van der Waals surface area contributed by atoms with Crippen molar-refractivity contribution in [2.24, 2.45) is 0 Å². The lowest BCUT2D eigenvalue weighted by atomic mass is 10.1. The molecule has 0 radical (unpaired) electrons. The van der Waals surface area contributed by atoms with Crippen LogP contribution < -0.4 is 5.32 Å². The normalized spacial score (nSPS) is 15.2. The second-order valence-corrected chi connectivity index (χ2v) is 7.14. The second-order valence-electron chi connectivity index (χ2n) is 6.29. The van der Waals surface area contributed by atoms with Crippen LogP contribution in [-0.4, -0.2) is 22.6 Å². The summed E-state index contributed by atoms with van der Waals surface area (Å²) in [5.41, 5.74) is 2.36. The smallest absolute Gasteiger partial charge is 0.251 e. The third-order valence-electron chi connectivity index (χ3n) is 4.43. The molecule has 2 aromatic carbocycles. The van der Waals surface area contributed by atoms with E-state index in [1.54, 1.807) is 24.3 Å². The zero-order valence-electron chi connectivity index (χ0n) is 14.4. The molecule has 0 spiro atoms. The first kappa shape index (κ1) is 18.3. The third-order valence-corrected chi connectivity index (χ3v) is 5.15. The van der Waals surface area contributed by atoms with Crippen molar-refractivity contribution in [1.82, 2.24) is 10.2 Å². The summed E-state index contributed by atoms with van der Waals surface area (Å²) in [6.07, 6.45) is 0.568. The Morgan fingerprint density at radius 1 is 1.08 bits per heavy atom. The first-order chi connectivity index (χ1) is 12.5. The van der Waals surface area contributed by atoms with Crippen molar-refractivity contribution in [3.05, 3.63) is 69.7 Å². The van der Waals surface area contributed by atoms with Crippen LogP contribution in [0.15, 0.2) is 53.0 Å². The third kappa shape index (κ3) is 4.02. The number of carbonyl (C=O) groups excluding carboxylic acids is 3. The van der Waals surface area contributed by atoms with Crippen LogP contribution in [0.1, 0.15) is 47.3 Å². The van der Waals surface area contributed by atoms with Gasteiger partial charge >= 0.3 is 0 Å². The van der Waals surface area contributed by atoms with Gasteiger partial charge in [-0.15, -0.1) is 0 Å². The number of likely N-dealkylation sites (tertiary alicyclic amines) is 1. The van der Waals surface area contributed by atoms with Crippen LogP contribution in [0.25, 0.3) is 0 Å². The average molecular weight is 415 g/mol. The van der Waals surface area contributed by atoms with Gasteiger partial charge in [0.2, 0.25) is 11.8 Å². The van der Waals surface area contributed by atoms with E-state index in [0.29, 0.717) is 5.56 Å². The summed E-state index contributed by atoms with van der Waals surface area (Å²) in [5, 5.41) is 2.97.